The van der Waals surface area contributed by atoms with E-state index in [-0.39, 0.29) is 32.1 Å². The summed E-state index contributed by atoms with van der Waals surface area (Å²) >= 11 is 0. The van der Waals surface area contributed by atoms with E-state index >= 15 is 0 Å². The van der Waals surface area contributed by atoms with Crippen molar-refractivity contribution in [3.63, 3.8) is 0 Å². The Morgan fingerprint density at radius 1 is 0.844 bits per heavy atom. The van der Waals surface area contributed by atoms with Crippen LogP contribution in [-0.4, -0.2) is 31.3 Å². The van der Waals surface area contributed by atoms with Crippen LogP contribution in [0.3, 0.4) is 0 Å². The van der Waals surface area contributed by atoms with Gasteiger partial charge in [-0.3, -0.25) is 4.79 Å². The Hall–Kier alpha value is -3.64. The van der Waals surface area contributed by atoms with Crippen LogP contribution in [0.15, 0.2) is 78.9 Å². The van der Waals surface area contributed by atoms with Crippen molar-refractivity contribution in [2.24, 2.45) is 5.73 Å². The first-order valence-corrected chi connectivity index (χ1v) is 10.7. The summed E-state index contributed by atoms with van der Waals surface area (Å²) in [5, 5.41) is 2.67. The topological polar surface area (TPSA) is 90.6 Å². The molecule has 3 N–H and O–H groups in total. The molecule has 0 aromatic heterocycles. The number of benzene rings is 3. The molecule has 1 aliphatic rings. The van der Waals surface area contributed by atoms with E-state index < -0.39 is 18.1 Å². The number of hydrogen-bond donors (Lipinski definition) is 2. The van der Waals surface area contributed by atoms with Gasteiger partial charge in [-0.25, -0.2) is 4.79 Å². The van der Waals surface area contributed by atoms with Gasteiger partial charge in [-0.15, -0.1) is 0 Å². The molecule has 164 valence electrons. The van der Waals surface area contributed by atoms with E-state index in [4.69, 9.17) is 15.2 Å². The van der Waals surface area contributed by atoms with Crippen LogP contribution in [0.2, 0.25) is 0 Å². The standard InChI is InChI=1S/C26H26N2O4/c27-24(25(29)31-16-18-8-2-1-3-9-18)14-15-28-26(30)32-17-23-21-12-6-4-10-19(21)20-11-5-7-13-22(20)23/h1-13,23-24H,14-17,27H2,(H,28,30)/t24-/m0/s1. The highest BCUT2D eigenvalue weighted by Crippen LogP contribution is 2.44. The Labute approximate surface area is 187 Å². The summed E-state index contributed by atoms with van der Waals surface area (Å²) in [6.07, 6.45) is -0.269. The van der Waals surface area contributed by atoms with Gasteiger partial charge in [-0.05, 0) is 34.2 Å². The molecule has 6 nitrogen and oxygen atoms in total. The van der Waals surface area contributed by atoms with Crippen LogP contribution in [0.1, 0.15) is 29.0 Å². The molecule has 3 aromatic carbocycles. The minimum atomic E-state index is -0.812. The van der Waals surface area contributed by atoms with Crippen molar-refractivity contribution in [2.75, 3.05) is 13.2 Å². The molecule has 0 saturated heterocycles. The van der Waals surface area contributed by atoms with Gasteiger partial charge in [0.05, 0.1) is 0 Å². The Morgan fingerprint density at radius 2 is 1.44 bits per heavy atom. The first-order chi connectivity index (χ1) is 15.6. The van der Waals surface area contributed by atoms with Crippen LogP contribution in [0, 0.1) is 0 Å². The molecule has 0 fully saturated rings. The first-order valence-electron chi connectivity index (χ1n) is 10.7. The zero-order valence-corrected chi connectivity index (χ0v) is 17.7. The Morgan fingerprint density at radius 3 is 2.09 bits per heavy atom. The average Bonchev–Trinajstić information content (AvgIpc) is 3.15. The molecule has 1 aliphatic carbocycles. The number of rotatable bonds is 8. The predicted molar refractivity (Wildman–Crippen MR) is 122 cm³/mol. The van der Waals surface area contributed by atoms with Gasteiger partial charge < -0.3 is 20.5 Å². The highest BCUT2D eigenvalue weighted by molar-refractivity contribution is 5.79. The van der Waals surface area contributed by atoms with Crippen molar-refractivity contribution in [1.29, 1.82) is 0 Å². The SMILES string of the molecule is N[C@@H](CCNC(=O)OCC1c2ccccc2-c2ccccc21)C(=O)OCc1ccccc1. The van der Waals surface area contributed by atoms with Crippen molar-refractivity contribution >= 4 is 12.1 Å². The number of carbonyl (C=O) groups excluding carboxylic acids is 2. The number of nitrogens with two attached hydrogens (primary N) is 1. The second-order valence-electron chi connectivity index (χ2n) is 7.74. The second-order valence-corrected chi connectivity index (χ2v) is 7.74. The van der Waals surface area contributed by atoms with Crippen LogP contribution >= 0.6 is 0 Å². The molecule has 0 aliphatic heterocycles. The monoisotopic (exact) mass is 430 g/mol. The Kier molecular flexibility index (Phi) is 6.82. The highest BCUT2D eigenvalue weighted by atomic mass is 16.5. The van der Waals surface area contributed by atoms with Gasteiger partial charge in [-0.2, -0.15) is 0 Å². The van der Waals surface area contributed by atoms with Gasteiger partial charge in [0.25, 0.3) is 0 Å². The molecule has 0 radical (unpaired) electrons. The molecule has 0 heterocycles. The fraction of sp³-hybridized carbons (Fsp3) is 0.231. The van der Waals surface area contributed by atoms with E-state index in [0.717, 1.165) is 16.7 Å². The molecule has 4 rings (SSSR count). The maximum absolute atomic E-state index is 12.2. The van der Waals surface area contributed by atoms with Crippen LogP contribution in [-0.2, 0) is 20.9 Å². The lowest BCUT2D eigenvalue weighted by molar-refractivity contribution is -0.146. The summed E-state index contributed by atoms with van der Waals surface area (Å²) in [5.41, 5.74) is 11.4. The lowest BCUT2D eigenvalue weighted by Gasteiger charge is -2.15. The molecule has 3 aromatic rings. The minimum Gasteiger partial charge on any atom is -0.460 e. The Balaban J connectivity index is 1.22. The van der Waals surface area contributed by atoms with E-state index in [2.05, 4.69) is 29.6 Å². The fourth-order valence-corrected chi connectivity index (χ4v) is 3.93. The normalized spacial score (nSPS) is 13.0. The molecule has 6 heteroatoms. The summed E-state index contributed by atoms with van der Waals surface area (Å²) < 4.78 is 10.7. The fourth-order valence-electron chi connectivity index (χ4n) is 3.93. The van der Waals surface area contributed by atoms with Gasteiger partial charge in [0, 0.05) is 12.5 Å². The maximum Gasteiger partial charge on any atom is 0.407 e. The summed E-state index contributed by atoms with van der Waals surface area (Å²) in [4.78, 5) is 24.2. The van der Waals surface area contributed by atoms with E-state index in [9.17, 15) is 9.59 Å². The summed E-state index contributed by atoms with van der Waals surface area (Å²) in [5.74, 6) is -0.494. The van der Waals surface area contributed by atoms with Crippen molar-refractivity contribution in [3.05, 3.63) is 95.6 Å². The van der Waals surface area contributed by atoms with Gasteiger partial charge >= 0.3 is 12.1 Å². The van der Waals surface area contributed by atoms with E-state index in [1.165, 1.54) is 11.1 Å². The molecule has 1 amide bonds. The minimum absolute atomic E-state index is 0.00312. The highest BCUT2D eigenvalue weighted by Gasteiger charge is 2.29. The van der Waals surface area contributed by atoms with Crippen LogP contribution < -0.4 is 11.1 Å². The largest absolute Gasteiger partial charge is 0.460 e. The number of nitrogens with one attached hydrogen (secondary N) is 1. The quantitative estimate of drug-likeness (QED) is 0.528. The number of carbonyl (C=O) groups is 2. The summed E-state index contributed by atoms with van der Waals surface area (Å²) in [6, 6.07) is 24.9. The lowest BCUT2D eigenvalue weighted by Crippen LogP contribution is -2.37. The smallest absolute Gasteiger partial charge is 0.407 e. The molecule has 0 spiro atoms. The number of fused-ring (bicyclic) bond motifs is 3. The zero-order valence-electron chi connectivity index (χ0n) is 17.7. The van der Waals surface area contributed by atoms with Crippen molar-refractivity contribution < 1.29 is 19.1 Å². The van der Waals surface area contributed by atoms with Crippen LogP contribution in [0.25, 0.3) is 11.1 Å². The van der Waals surface area contributed by atoms with Crippen LogP contribution in [0.4, 0.5) is 4.79 Å². The number of esters is 1. The summed E-state index contributed by atoms with van der Waals surface area (Å²) in [6.45, 7) is 0.635. The van der Waals surface area contributed by atoms with E-state index in [1.54, 1.807) is 0 Å². The number of amides is 1. The molecule has 32 heavy (non-hydrogen) atoms. The van der Waals surface area contributed by atoms with E-state index in [0.29, 0.717) is 0 Å². The van der Waals surface area contributed by atoms with Gasteiger partial charge in [0.2, 0.25) is 0 Å². The molecular formula is C26H26N2O4. The third-order valence-electron chi connectivity index (χ3n) is 5.60. The summed E-state index contributed by atoms with van der Waals surface area (Å²) in [7, 11) is 0. The average molecular weight is 431 g/mol. The third-order valence-corrected chi connectivity index (χ3v) is 5.60. The van der Waals surface area contributed by atoms with E-state index in [1.807, 2.05) is 54.6 Å². The predicted octanol–water partition coefficient (Wildman–Crippen LogP) is 3.99. The number of ether oxygens (including phenoxy) is 2. The first kappa shape index (κ1) is 21.6. The van der Waals surface area contributed by atoms with Gasteiger partial charge in [-0.1, -0.05) is 78.9 Å². The van der Waals surface area contributed by atoms with Crippen molar-refractivity contribution in [3.8, 4) is 11.1 Å². The zero-order chi connectivity index (χ0) is 22.3. The lowest BCUT2D eigenvalue weighted by atomic mass is 9.98. The van der Waals surface area contributed by atoms with Gasteiger partial charge in [0.1, 0.15) is 19.3 Å². The maximum atomic E-state index is 12.2. The molecule has 1 atom stereocenters. The molecule has 0 unspecified atom stereocenters. The molecule has 0 bridgehead atoms. The second kappa shape index (κ2) is 10.1. The van der Waals surface area contributed by atoms with Crippen molar-refractivity contribution in [2.45, 2.75) is 25.0 Å². The van der Waals surface area contributed by atoms with Crippen molar-refractivity contribution in [1.82, 2.24) is 5.32 Å². The van der Waals surface area contributed by atoms with Crippen LogP contribution in [0.5, 0.6) is 0 Å². The Bertz CT molecular complexity index is 1040. The molecular weight excluding hydrogens is 404 g/mol. The number of hydrogen-bond acceptors (Lipinski definition) is 5. The molecule has 0 saturated carbocycles. The van der Waals surface area contributed by atoms with Gasteiger partial charge in [0.15, 0.2) is 0 Å². The third kappa shape index (κ3) is 4.98. The number of alkyl carbamates (subject to hydrolysis) is 1.